The molecule has 0 bridgehead atoms. The summed E-state index contributed by atoms with van der Waals surface area (Å²) in [5, 5.41) is 9.01. The number of rotatable bonds is 8. The number of carbonyl (C=O) groups excluding carboxylic acids is 1. The van der Waals surface area contributed by atoms with Gasteiger partial charge >= 0.3 is 5.97 Å². The third-order valence-electron chi connectivity index (χ3n) is 2.39. The van der Waals surface area contributed by atoms with Crippen molar-refractivity contribution in [1.82, 2.24) is 0 Å². The van der Waals surface area contributed by atoms with Gasteiger partial charge in [0.2, 0.25) is 0 Å². The van der Waals surface area contributed by atoms with Crippen LogP contribution in [0.2, 0.25) is 0 Å². The van der Waals surface area contributed by atoms with E-state index in [1.807, 2.05) is 13.8 Å². The van der Waals surface area contributed by atoms with Crippen LogP contribution >= 0.6 is 11.8 Å². The van der Waals surface area contributed by atoms with Crippen LogP contribution < -0.4 is 9.47 Å². The fourth-order valence-corrected chi connectivity index (χ4v) is 2.16. The molecule has 0 aromatic heterocycles. The molecule has 0 aliphatic heterocycles. The molecule has 19 heavy (non-hydrogen) atoms. The largest absolute Gasteiger partial charge is 0.494 e. The maximum absolute atomic E-state index is 11.6. The van der Waals surface area contributed by atoms with Crippen molar-refractivity contribution >= 4 is 17.7 Å². The average molecular weight is 284 g/mol. The maximum Gasteiger partial charge on any atom is 0.321 e. The maximum atomic E-state index is 11.6. The molecule has 5 heteroatoms. The first kappa shape index (κ1) is 15.9. The van der Waals surface area contributed by atoms with Gasteiger partial charge in [-0.2, -0.15) is 0 Å². The van der Waals surface area contributed by atoms with Crippen LogP contribution in [0, 0.1) is 0 Å². The van der Waals surface area contributed by atoms with E-state index in [0.717, 1.165) is 5.75 Å². The predicted octanol–water partition coefficient (Wildman–Crippen LogP) is 2.49. The number of benzene rings is 1. The lowest BCUT2D eigenvalue weighted by molar-refractivity contribution is -0.131. The summed E-state index contributed by atoms with van der Waals surface area (Å²) >= 11 is 1.48. The quantitative estimate of drug-likeness (QED) is 0.587. The number of hydrogen-bond acceptors (Lipinski definition) is 5. The van der Waals surface area contributed by atoms with Crippen molar-refractivity contribution in [3.8, 4) is 11.5 Å². The number of hydrogen-bond donors (Lipinski definition) is 1. The smallest absolute Gasteiger partial charge is 0.321 e. The molecular weight excluding hydrogens is 264 g/mol. The second-order valence-corrected chi connectivity index (χ2v) is 5.44. The van der Waals surface area contributed by atoms with E-state index in [0.29, 0.717) is 18.8 Å². The van der Waals surface area contributed by atoms with Crippen LogP contribution in [-0.2, 0) is 4.79 Å². The molecule has 0 radical (unpaired) electrons. The zero-order valence-corrected chi connectivity index (χ0v) is 12.1. The van der Waals surface area contributed by atoms with Crippen LogP contribution in [0.3, 0.4) is 0 Å². The third-order valence-corrected chi connectivity index (χ3v) is 3.59. The topological polar surface area (TPSA) is 55.8 Å². The lowest BCUT2D eigenvalue weighted by Crippen LogP contribution is -2.13. The Morgan fingerprint density at radius 3 is 2.53 bits per heavy atom. The van der Waals surface area contributed by atoms with Crippen molar-refractivity contribution in [2.24, 2.45) is 0 Å². The Morgan fingerprint density at radius 2 is 1.95 bits per heavy atom. The van der Waals surface area contributed by atoms with Crippen molar-refractivity contribution < 1.29 is 19.4 Å². The molecule has 0 aliphatic carbocycles. The highest BCUT2D eigenvalue weighted by Crippen LogP contribution is 2.19. The van der Waals surface area contributed by atoms with Crippen LogP contribution in [0.4, 0.5) is 0 Å². The summed E-state index contributed by atoms with van der Waals surface area (Å²) in [6.45, 7) is 4.64. The van der Waals surface area contributed by atoms with Gasteiger partial charge in [-0.05, 0) is 37.6 Å². The molecule has 0 amide bonds. The number of ether oxygens (including phenoxy) is 2. The molecule has 1 unspecified atom stereocenters. The zero-order valence-electron chi connectivity index (χ0n) is 11.3. The number of aliphatic hydroxyl groups excluding tert-OH is 1. The van der Waals surface area contributed by atoms with Gasteiger partial charge in [-0.15, -0.1) is 11.8 Å². The van der Waals surface area contributed by atoms with Crippen LogP contribution in [-0.4, -0.2) is 35.3 Å². The van der Waals surface area contributed by atoms with Crippen molar-refractivity contribution in [1.29, 1.82) is 0 Å². The van der Waals surface area contributed by atoms with Crippen molar-refractivity contribution in [3.63, 3.8) is 0 Å². The van der Waals surface area contributed by atoms with Gasteiger partial charge in [-0.3, -0.25) is 4.79 Å². The van der Waals surface area contributed by atoms with Crippen molar-refractivity contribution in [3.05, 3.63) is 24.3 Å². The highest BCUT2D eigenvalue weighted by molar-refractivity contribution is 8.00. The summed E-state index contributed by atoms with van der Waals surface area (Å²) in [5.41, 5.74) is 0. The van der Waals surface area contributed by atoms with E-state index in [1.54, 1.807) is 24.3 Å². The van der Waals surface area contributed by atoms with E-state index in [9.17, 15) is 4.79 Å². The summed E-state index contributed by atoms with van der Waals surface area (Å²) in [6, 6.07) is 6.97. The SMILES string of the molecule is CCOc1ccc(OC(=O)CSC(C)CCO)cc1. The Hall–Kier alpha value is -1.20. The van der Waals surface area contributed by atoms with Gasteiger partial charge in [-0.1, -0.05) is 6.92 Å². The van der Waals surface area contributed by atoms with Crippen LogP contribution in [0.25, 0.3) is 0 Å². The minimum atomic E-state index is -0.279. The fraction of sp³-hybridized carbons (Fsp3) is 0.500. The molecule has 1 N–H and O–H groups in total. The zero-order chi connectivity index (χ0) is 14.1. The standard InChI is InChI=1S/C14H20O4S/c1-3-17-12-4-6-13(7-5-12)18-14(16)10-19-11(2)8-9-15/h4-7,11,15H,3,8-10H2,1-2H3. The molecule has 0 saturated carbocycles. The second-order valence-electron chi connectivity index (χ2n) is 4.01. The molecule has 0 spiro atoms. The van der Waals surface area contributed by atoms with Crippen LogP contribution in [0.1, 0.15) is 20.3 Å². The van der Waals surface area contributed by atoms with Gasteiger partial charge in [0.1, 0.15) is 11.5 Å². The van der Waals surface area contributed by atoms with E-state index in [4.69, 9.17) is 14.6 Å². The molecule has 0 aliphatic rings. The number of esters is 1. The molecule has 1 rings (SSSR count). The normalized spacial score (nSPS) is 11.9. The van der Waals surface area contributed by atoms with E-state index in [1.165, 1.54) is 11.8 Å². The lowest BCUT2D eigenvalue weighted by atomic mass is 10.3. The van der Waals surface area contributed by atoms with Crippen molar-refractivity contribution in [2.45, 2.75) is 25.5 Å². The fourth-order valence-electron chi connectivity index (χ4n) is 1.41. The van der Waals surface area contributed by atoms with Crippen LogP contribution in [0.15, 0.2) is 24.3 Å². The Labute approximate surface area is 118 Å². The molecule has 106 valence electrons. The summed E-state index contributed by atoms with van der Waals surface area (Å²) in [5.74, 6) is 1.28. The minimum absolute atomic E-state index is 0.141. The highest BCUT2D eigenvalue weighted by atomic mass is 32.2. The van der Waals surface area contributed by atoms with E-state index >= 15 is 0 Å². The van der Waals surface area contributed by atoms with Gasteiger partial charge in [-0.25, -0.2) is 0 Å². The first-order valence-corrected chi connectivity index (χ1v) is 7.36. The molecule has 0 saturated heterocycles. The first-order chi connectivity index (χ1) is 9.15. The van der Waals surface area contributed by atoms with Gasteiger partial charge < -0.3 is 14.6 Å². The molecule has 1 atom stereocenters. The van der Waals surface area contributed by atoms with Crippen LogP contribution in [0.5, 0.6) is 11.5 Å². The Morgan fingerprint density at radius 1 is 1.32 bits per heavy atom. The predicted molar refractivity (Wildman–Crippen MR) is 76.9 cm³/mol. The monoisotopic (exact) mass is 284 g/mol. The molecule has 0 fully saturated rings. The van der Waals surface area contributed by atoms with Gasteiger partial charge in [0.15, 0.2) is 0 Å². The Bertz CT molecular complexity index is 378. The Kier molecular flexibility index (Phi) is 7.36. The number of carbonyl (C=O) groups is 1. The van der Waals surface area contributed by atoms with E-state index < -0.39 is 0 Å². The molecule has 1 aromatic rings. The summed E-state index contributed by atoms with van der Waals surface area (Å²) in [4.78, 5) is 11.6. The minimum Gasteiger partial charge on any atom is -0.494 e. The molecule has 4 nitrogen and oxygen atoms in total. The second kappa shape index (κ2) is 8.82. The molecule has 0 heterocycles. The summed E-state index contributed by atoms with van der Waals surface area (Å²) in [6.07, 6.45) is 0.682. The van der Waals surface area contributed by atoms with Gasteiger partial charge in [0, 0.05) is 11.9 Å². The van der Waals surface area contributed by atoms with Crippen molar-refractivity contribution in [2.75, 3.05) is 19.0 Å². The third kappa shape index (κ3) is 6.50. The highest BCUT2D eigenvalue weighted by Gasteiger charge is 2.09. The lowest BCUT2D eigenvalue weighted by Gasteiger charge is -2.09. The molecular formula is C14H20O4S. The number of thioether (sulfide) groups is 1. The van der Waals surface area contributed by atoms with E-state index in [-0.39, 0.29) is 23.6 Å². The first-order valence-electron chi connectivity index (χ1n) is 6.31. The summed E-state index contributed by atoms with van der Waals surface area (Å²) in [7, 11) is 0. The van der Waals surface area contributed by atoms with E-state index in [2.05, 4.69) is 0 Å². The average Bonchev–Trinajstić information content (AvgIpc) is 2.39. The van der Waals surface area contributed by atoms with Gasteiger partial charge in [0.05, 0.1) is 12.4 Å². The van der Waals surface area contributed by atoms with Gasteiger partial charge in [0.25, 0.3) is 0 Å². The Balaban J connectivity index is 2.35. The molecule has 1 aromatic carbocycles. The summed E-state index contributed by atoms with van der Waals surface area (Å²) < 4.78 is 10.5. The number of aliphatic hydroxyl groups is 1.